The number of hydrogen-bond donors (Lipinski definition) is 2. The van der Waals surface area contributed by atoms with Crippen molar-refractivity contribution in [3.05, 3.63) is 29.3 Å². The first-order valence-corrected chi connectivity index (χ1v) is 6.06. The molecule has 0 fully saturated rings. The van der Waals surface area contributed by atoms with Gasteiger partial charge in [0.25, 0.3) is 5.91 Å². The number of aliphatic hydroxyl groups is 1. The summed E-state index contributed by atoms with van der Waals surface area (Å²) in [5.41, 5.74) is -0.686. The number of nitrogens with one attached hydrogen (secondary N) is 1. The highest BCUT2D eigenvalue weighted by Gasteiger charge is 2.25. The molecule has 0 bridgehead atoms. The maximum Gasteiger partial charge on any atom is 0.258 e. The third-order valence-electron chi connectivity index (χ3n) is 2.67. The van der Waals surface area contributed by atoms with E-state index >= 15 is 0 Å². The molecular weight excluding hydrogens is 254 g/mol. The lowest BCUT2D eigenvalue weighted by Crippen LogP contribution is -2.52. The van der Waals surface area contributed by atoms with Gasteiger partial charge in [-0.25, -0.2) is 0 Å². The molecule has 0 spiro atoms. The molecule has 0 heterocycles. The van der Waals surface area contributed by atoms with Crippen molar-refractivity contribution in [2.75, 3.05) is 6.61 Å². The molecule has 100 valence electrons. The van der Waals surface area contributed by atoms with Gasteiger partial charge in [-0.05, 0) is 39.0 Å². The average Bonchev–Trinajstić information content (AvgIpc) is 2.25. The summed E-state index contributed by atoms with van der Waals surface area (Å²) >= 11 is 5.79. The zero-order valence-electron chi connectivity index (χ0n) is 10.7. The van der Waals surface area contributed by atoms with Crippen molar-refractivity contribution >= 4 is 17.5 Å². The van der Waals surface area contributed by atoms with Gasteiger partial charge in [-0.3, -0.25) is 4.79 Å². The minimum Gasteiger partial charge on any atom is -0.484 e. The number of ether oxygens (including phenoxy) is 1. The Morgan fingerprint density at radius 2 is 2.22 bits per heavy atom. The molecule has 4 nitrogen and oxygen atoms in total. The van der Waals surface area contributed by atoms with E-state index in [2.05, 4.69) is 5.32 Å². The molecule has 0 radical (unpaired) electrons. The molecule has 1 aromatic carbocycles. The normalized spacial score (nSPS) is 12.9. The molecule has 0 saturated heterocycles. The highest BCUT2D eigenvalue weighted by Crippen LogP contribution is 2.17. The summed E-state index contributed by atoms with van der Waals surface area (Å²) in [5.74, 6) is 0.244. The van der Waals surface area contributed by atoms with Crippen molar-refractivity contribution in [3.8, 4) is 5.75 Å². The average molecular weight is 272 g/mol. The highest BCUT2D eigenvalue weighted by molar-refractivity contribution is 6.30. The van der Waals surface area contributed by atoms with Gasteiger partial charge < -0.3 is 15.2 Å². The Balaban J connectivity index is 2.47. The van der Waals surface area contributed by atoms with E-state index < -0.39 is 11.6 Å². The van der Waals surface area contributed by atoms with Crippen LogP contribution in [0.4, 0.5) is 0 Å². The summed E-state index contributed by atoms with van der Waals surface area (Å²) in [6.45, 7) is 5.00. The predicted molar refractivity (Wildman–Crippen MR) is 70.8 cm³/mol. The van der Waals surface area contributed by atoms with E-state index in [0.29, 0.717) is 10.8 Å². The van der Waals surface area contributed by atoms with Crippen LogP contribution in [0.25, 0.3) is 0 Å². The molecular formula is C13H18ClNO3. The Bertz CT molecular complexity index is 418. The first kappa shape index (κ1) is 14.8. The van der Waals surface area contributed by atoms with Crippen LogP contribution < -0.4 is 10.1 Å². The molecule has 0 saturated carbocycles. The van der Waals surface area contributed by atoms with Gasteiger partial charge >= 0.3 is 0 Å². The summed E-state index contributed by atoms with van der Waals surface area (Å²) in [6.07, 6.45) is -0.646. The fourth-order valence-corrected chi connectivity index (χ4v) is 1.39. The van der Waals surface area contributed by atoms with Crippen molar-refractivity contribution in [2.24, 2.45) is 0 Å². The molecule has 0 aromatic heterocycles. The smallest absolute Gasteiger partial charge is 0.258 e. The summed E-state index contributed by atoms with van der Waals surface area (Å²) < 4.78 is 5.30. The molecule has 0 aliphatic carbocycles. The van der Waals surface area contributed by atoms with Crippen molar-refractivity contribution < 1.29 is 14.6 Å². The third kappa shape index (κ3) is 4.55. The summed E-state index contributed by atoms with van der Waals surface area (Å²) in [7, 11) is 0. The standard InChI is InChI=1S/C13H18ClNO3/c1-9(16)13(2,3)15-12(17)8-18-11-6-4-5-10(14)7-11/h4-7,9,16H,8H2,1-3H3,(H,15,17). The molecule has 1 rings (SSSR count). The van der Waals surface area contributed by atoms with E-state index in [1.54, 1.807) is 45.0 Å². The Morgan fingerprint density at radius 1 is 1.56 bits per heavy atom. The van der Waals surface area contributed by atoms with E-state index in [0.717, 1.165) is 0 Å². The van der Waals surface area contributed by atoms with Gasteiger partial charge in [0.05, 0.1) is 11.6 Å². The molecule has 1 aromatic rings. The van der Waals surface area contributed by atoms with Crippen LogP contribution in [0.5, 0.6) is 5.75 Å². The number of rotatable bonds is 5. The van der Waals surface area contributed by atoms with Crippen LogP contribution in [0, 0.1) is 0 Å². The van der Waals surface area contributed by atoms with Gasteiger partial charge in [-0.1, -0.05) is 17.7 Å². The molecule has 2 N–H and O–H groups in total. The number of carbonyl (C=O) groups excluding carboxylic acids is 1. The molecule has 1 atom stereocenters. The SMILES string of the molecule is CC(O)C(C)(C)NC(=O)COc1cccc(Cl)c1. The number of aliphatic hydroxyl groups excluding tert-OH is 1. The Morgan fingerprint density at radius 3 is 2.78 bits per heavy atom. The molecule has 0 aliphatic heterocycles. The molecule has 0 aliphatic rings. The topological polar surface area (TPSA) is 58.6 Å². The predicted octanol–water partition coefficient (Wildman–Crippen LogP) is 1.99. The Hall–Kier alpha value is -1.26. The van der Waals surface area contributed by atoms with Crippen LogP contribution in [0.15, 0.2) is 24.3 Å². The number of amides is 1. The van der Waals surface area contributed by atoms with E-state index in [4.69, 9.17) is 16.3 Å². The quantitative estimate of drug-likeness (QED) is 0.861. The van der Waals surface area contributed by atoms with Gasteiger partial charge in [0.15, 0.2) is 6.61 Å². The monoisotopic (exact) mass is 271 g/mol. The highest BCUT2D eigenvalue weighted by atomic mass is 35.5. The van der Waals surface area contributed by atoms with Gasteiger partial charge in [0.2, 0.25) is 0 Å². The lowest BCUT2D eigenvalue weighted by molar-refractivity contribution is -0.126. The first-order chi connectivity index (χ1) is 8.31. The second kappa shape index (κ2) is 6.07. The number of halogens is 1. The maximum atomic E-state index is 11.6. The largest absolute Gasteiger partial charge is 0.484 e. The molecule has 5 heteroatoms. The summed E-state index contributed by atoms with van der Waals surface area (Å²) in [5, 5.41) is 12.7. The third-order valence-corrected chi connectivity index (χ3v) is 2.91. The van der Waals surface area contributed by atoms with Crippen LogP contribution >= 0.6 is 11.6 Å². The van der Waals surface area contributed by atoms with Crippen LogP contribution in [0.3, 0.4) is 0 Å². The Kier molecular flexibility index (Phi) is 4.99. The van der Waals surface area contributed by atoms with E-state index in [-0.39, 0.29) is 12.5 Å². The van der Waals surface area contributed by atoms with E-state index in [1.165, 1.54) is 0 Å². The minimum absolute atomic E-state index is 0.115. The molecule has 18 heavy (non-hydrogen) atoms. The second-order valence-corrected chi connectivity index (χ2v) is 5.13. The van der Waals surface area contributed by atoms with E-state index in [1.807, 2.05) is 0 Å². The number of benzene rings is 1. The Labute approximate surface area is 112 Å². The lowest BCUT2D eigenvalue weighted by Gasteiger charge is -2.29. The number of carbonyl (C=O) groups is 1. The zero-order valence-corrected chi connectivity index (χ0v) is 11.5. The van der Waals surface area contributed by atoms with E-state index in [9.17, 15) is 9.90 Å². The minimum atomic E-state index is -0.686. The van der Waals surface area contributed by atoms with Gasteiger partial charge in [0, 0.05) is 5.02 Å². The van der Waals surface area contributed by atoms with Crippen LogP contribution in [0.1, 0.15) is 20.8 Å². The maximum absolute atomic E-state index is 11.6. The van der Waals surface area contributed by atoms with Crippen molar-refractivity contribution in [1.29, 1.82) is 0 Å². The first-order valence-electron chi connectivity index (χ1n) is 5.69. The second-order valence-electron chi connectivity index (χ2n) is 4.69. The fraction of sp³-hybridized carbons (Fsp3) is 0.462. The molecule has 1 amide bonds. The summed E-state index contributed by atoms with van der Waals surface area (Å²) in [6, 6.07) is 6.83. The zero-order chi connectivity index (χ0) is 13.8. The fourth-order valence-electron chi connectivity index (χ4n) is 1.21. The van der Waals surface area contributed by atoms with Crippen LogP contribution in [0.2, 0.25) is 5.02 Å². The van der Waals surface area contributed by atoms with Crippen LogP contribution in [-0.2, 0) is 4.79 Å². The van der Waals surface area contributed by atoms with Crippen molar-refractivity contribution in [3.63, 3.8) is 0 Å². The lowest BCUT2D eigenvalue weighted by atomic mass is 9.99. The van der Waals surface area contributed by atoms with Crippen molar-refractivity contribution in [1.82, 2.24) is 5.32 Å². The van der Waals surface area contributed by atoms with Gasteiger partial charge in [0.1, 0.15) is 5.75 Å². The number of hydrogen-bond acceptors (Lipinski definition) is 3. The van der Waals surface area contributed by atoms with Crippen LogP contribution in [-0.4, -0.2) is 29.3 Å². The summed E-state index contributed by atoms with van der Waals surface area (Å²) in [4.78, 5) is 11.6. The van der Waals surface area contributed by atoms with Crippen molar-refractivity contribution in [2.45, 2.75) is 32.4 Å². The van der Waals surface area contributed by atoms with Gasteiger partial charge in [-0.15, -0.1) is 0 Å². The van der Waals surface area contributed by atoms with Gasteiger partial charge in [-0.2, -0.15) is 0 Å². The molecule has 1 unspecified atom stereocenters.